The number of allylic oxidation sites excluding steroid dienone is 2. The second kappa shape index (κ2) is 5.93. The zero-order valence-corrected chi connectivity index (χ0v) is 11.2. The van der Waals surface area contributed by atoms with Crippen molar-refractivity contribution in [1.82, 2.24) is 0 Å². The van der Waals surface area contributed by atoms with E-state index in [0.29, 0.717) is 26.1 Å². The van der Waals surface area contributed by atoms with Crippen molar-refractivity contribution in [1.29, 1.82) is 0 Å². The number of carbonyl (C=O) groups is 2. The average Bonchev–Trinajstić information content (AvgIpc) is 3.36. The van der Waals surface area contributed by atoms with E-state index >= 15 is 0 Å². The first-order valence-corrected chi connectivity index (χ1v) is 6.95. The highest BCUT2D eigenvalue weighted by molar-refractivity contribution is 5.82. The summed E-state index contributed by atoms with van der Waals surface area (Å²) in [7, 11) is 0. The van der Waals surface area contributed by atoms with Gasteiger partial charge >= 0.3 is 11.9 Å². The van der Waals surface area contributed by atoms with Crippen LogP contribution in [0.4, 0.5) is 0 Å². The van der Waals surface area contributed by atoms with Crippen molar-refractivity contribution in [3.63, 3.8) is 0 Å². The zero-order valence-electron chi connectivity index (χ0n) is 11.2. The molecule has 0 aromatic carbocycles. The van der Waals surface area contributed by atoms with Crippen molar-refractivity contribution >= 4 is 11.9 Å². The first-order valence-electron chi connectivity index (χ1n) is 6.95. The number of rotatable bonds is 6. The monoisotopic (exact) mass is 282 g/mol. The van der Waals surface area contributed by atoms with Gasteiger partial charge in [-0.25, -0.2) is 0 Å². The van der Waals surface area contributed by atoms with Crippen molar-refractivity contribution < 1.29 is 28.5 Å². The second-order valence-electron chi connectivity index (χ2n) is 5.33. The second-order valence-corrected chi connectivity index (χ2v) is 5.33. The third-order valence-electron chi connectivity index (χ3n) is 3.67. The van der Waals surface area contributed by atoms with Gasteiger partial charge in [-0.3, -0.25) is 9.59 Å². The van der Waals surface area contributed by atoms with Crippen LogP contribution in [0, 0.1) is 11.8 Å². The molecule has 0 aromatic rings. The molecule has 1 aliphatic carbocycles. The fraction of sp³-hybridized carbons (Fsp3) is 0.714. The normalized spacial score (nSPS) is 34.4. The van der Waals surface area contributed by atoms with Gasteiger partial charge in [-0.15, -0.1) is 0 Å². The molecule has 110 valence electrons. The lowest BCUT2D eigenvalue weighted by Crippen LogP contribution is -2.34. The summed E-state index contributed by atoms with van der Waals surface area (Å²) in [6.45, 7) is 1.84. The molecule has 0 aromatic heterocycles. The molecule has 20 heavy (non-hydrogen) atoms. The smallest absolute Gasteiger partial charge is 0.310 e. The highest BCUT2D eigenvalue weighted by atomic mass is 16.6. The number of hydrogen-bond donors (Lipinski definition) is 0. The first kappa shape index (κ1) is 13.6. The molecular formula is C14H18O6. The Bertz CT molecular complexity index is 372. The van der Waals surface area contributed by atoms with Crippen molar-refractivity contribution in [2.45, 2.75) is 25.0 Å². The molecule has 0 bridgehead atoms. The molecule has 3 aliphatic rings. The van der Waals surface area contributed by atoms with Crippen LogP contribution in [0.1, 0.15) is 12.8 Å². The predicted molar refractivity (Wildman–Crippen MR) is 66.8 cm³/mol. The summed E-state index contributed by atoms with van der Waals surface area (Å²) in [5.41, 5.74) is 0. The third-order valence-corrected chi connectivity index (χ3v) is 3.67. The quantitative estimate of drug-likeness (QED) is 0.400. The van der Waals surface area contributed by atoms with E-state index in [2.05, 4.69) is 0 Å². The van der Waals surface area contributed by atoms with Crippen LogP contribution in [0.25, 0.3) is 0 Å². The summed E-state index contributed by atoms with van der Waals surface area (Å²) < 4.78 is 20.4. The van der Waals surface area contributed by atoms with Gasteiger partial charge in [0, 0.05) is 0 Å². The van der Waals surface area contributed by atoms with E-state index in [4.69, 9.17) is 18.9 Å². The topological polar surface area (TPSA) is 77.7 Å². The van der Waals surface area contributed by atoms with Crippen molar-refractivity contribution in [2.24, 2.45) is 11.8 Å². The Labute approximate surface area is 117 Å². The largest absolute Gasteiger partial charge is 0.463 e. The summed E-state index contributed by atoms with van der Waals surface area (Å²) in [4.78, 5) is 24.1. The Balaban J connectivity index is 1.52. The van der Waals surface area contributed by atoms with E-state index in [-0.39, 0.29) is 37.4 Å². The van der Waals surface area contributed by atoms with E-state index in [1.807, 2.05) is 12.2 Å². The summed E-state index contributed by atoms with van der Waals surface area (Å²) >= 11 is 0. The molecule has 2 saturated heterocycles. The van der Waals surface area contributed by atoms with E-state index < -0.39 is 11.8 Å². The molecule has 0 radical (unpaired) electrons. The fourth-order valence-corrected chi connectivity index (χ4v) is 2.23. The maximum Gasteiger partial charge on any atom is 0.310 e. The van der Waals surface area contributed by atoms with Gasteiger partial charge in [0.25, 0.3) is 0 Å². The maximum absolute atomic E-state index is 12.1. The minimum Gasteiger partial charge on any atom is -0.463 e. The lowest BCUT2D eigenvalue weighted by molar-refractivity contribution is -0.161. The van der Waals surface area contributed by atoms with Gasteiger partial charge in [-0.05, 0) is 12.8 Å². The highest BCUT2D eigenvalue weighted by Gasteiger charge is 2.38. The highest BCUT2D eigenvalue weighted by Crippen LogP contribution is 2.28. The lowest BCUT2D eigenvalue weighted by atomic mass is 9.83. The minimum absolute atomic E-state index is 0.0375. The van der Waals surface area contributed by atoms with Crippen LogP contribution < -0.4 is 0 Å². The van der Waals surface area contributed by atoms with Crippen molar-refractivity contribution in [3.05, 3.63) is 12.2 Å². The fourth-order valence-electron chi connectivity index (χ4n) is 2.23. The van der Waals surface area contributed by atoms with E-state index in [1.165, 1.54) is 0 Å². The van der Waals surface area contributed by atoms with Crippen LogP contribution in [-0.4, -0.2) is 50.6 Å². The Morgan fingerprint density at radius 3 is 1.65 bits per heavy atom. The van der Waals surface area contributed by atoms with Crippen LogP contribution in [0.15, 0.2) is 12.2 Å². The lowest BCUT2D eigenvalue weighted by Gasteiger charge is -2.25. The van der Waals surface area contributed by atoms with Crippen molar-refractivity contribution in [3.8, 4) is 0 Å². The van der Waals surface area contributed by atoms with E-state index in [1.54, 1.807) is 0 Å². The summed E-state index contributed by atoms with van der Waals surface area (Å²) in [5.74, 6) is -1.58. The molecular weight excluding hydrogens is 264 g/mol. The number of esters is 2. The predicted octanol–water partition coefficient (Wildman–Crippen LogP) is 0.453. The third kappa shape index (κ3) is 3.58. The molecule has 0 saturated carbocycles. The van der Waals surface area contributed by atoms with Gasteiger partial charge in [0.2, 0.25) is 0 Å². The number of epoxide rings is 2. The molecule has 6 heteroatoms. The molecule has 2 fully saturated rings. The van der Waals surface area contributed by atoms with Gasteiger partial charge in [-0.2, -0.15) is 0 Å². The molecule has 4 atom stereocenters. The number of carbonyl (C=O) groups excluding carboxylic acids is 2. The van der Waals surface area contributed by atoms with Crippen LogP contribution in [0.2, 0.25) is 0 Å². The molecule has 6 nitrogen and oxygen atoms in total. The molecule has 0 spiro atoms. The van der Waals surface area contributed by atoms with Crippen LogP contribution in [0.5, 0.6) is 0 Å². The van der Waals surface area contributed by atoms with E-state index in [0.717, 1.165) is 0 Å². The zero-order chi connectivity index (χ0) is 13.9. The summed E-state index contributed by atoms with van der Waals surface area (Å²) in [6.07, 6.45) is 4.93. The van der Waals surface area contributed by atoms with Crippen LogP contribution in [0.3, 0.4) is 0 Å². The molecule has 3 rings (SSSR count). The molecule has 0 amide bonds. The first-order chi connectivity index (χ1) is 9.74. The Kier molecular flexibility index (Phi) is 4.03. The Hall–Kier alpha value is -1.40. The average molecular weight is 282 g/mol. The van der Waals surface area contributed by atoms with Gasteiger partial charge in [-0.1, -0.05) is 12.2 Å². The van der Waals surface area contributed by atoms with Crippen molar-refractivity contribution in [2.75, 3.05) is 26.4 Å². The maximum atomic E-state index is 12.1. The number of hydrogen-bond acceptors (Lipinski definition) is 6. The minimum atomic E-state index is -0.452. The van der Waals surface area contributed by atoms with Gasteiger partial charge < -0.3 is 18.9 Å². The molecule has 0 unspecified atom stereocenters. The summed E-state index contributed by atoms with van der Waals surface area (Å²) in [5, 5.41) is 0. The summed E-state index contributed by atoms with van der Waals surface area (Å²) in [6, 6.07) is 0. The Morgan fingerprint density at radius 1 is 0.900 bits per heavy atom. The van der Waals surface area contributed by atoms with Gasteiger partial charge in [0.1, 0.15) is 25.4 Å². The number of ether oxygens (including phenoxy) is 4. The Morgan fingerprint density at radius 2 is 1.30 bits per heavy atom. The van der Waals surface area contributed by atoms with Gasteiger partial charge in [0.05, 0.1) is 25.0 Å². The van der Waals surface area contributed by atoms with Crippen LogP contribution >= 0.6 is 0 Å². The SMILES string of the molecule is O=C(OC[C@@H]1CO1)[C@H]1CC=CC[C@H]1C(=O)OC[C@@H]1CO1. The van der Waals surface area contributed by atoms with Gasteiger partial charge in [0.15, 0.2) is 0 Å². The van der Waals surface area contributed by atoms with Crippen LogP contribution in [-0.2, 0) is 28.5 Å². The molecule has 2 heterocycles. The molecule has 2 aliphatic heterocycles. The van der Waals surface area contributed by atoms with E-state index in [9.17, 15) is 9.59 Å². The standard InChI is InChI=1S/C14H18O6/c15-13(19-7-9-5-17-9)11-3-1-2-4-12(11)14(16)20-8-10-6-18-10/h1-2,9-12H,3-8H2/t9-,10-,11-,12+/m0/s1. The molecule has 0 N–H and O–H groups in total.